The van der Waals surface area contributed by atoms with E-state index in [0.29, 0.717) is 25.3 Å². The second-order valence-electron chi connectivity index (χ2n) is 7.83. The van der Waals surface area contributed by atoms with Crippen molar-refractivity contribution in [2.75, 3.05) is 57.5 Å². The first kappa shape index (κ1) is 25.4. The number of phenols is 2. The average molecular weight is 476 g/mol. The van der Waals surface area contributed by atoms with Crippen molar-refractivity contribution in [3.8, 4) is 11.5 Å². The Bertz CT molecular complexity index is 1070. The molecule has 0 saturated carbocycles. The zero-order valence-electron chi connectivity index (χ0n) is 18.9. The third-order valence-corrected chi connectivity index (χ3v) is 5.52. The van der Waals surface area contributed by atoms with Crippen LogP contribution in [0.5, 0.6) is 11.5 Å². The molecule has 0 atom stereocenters. The zero-order valence-corrected chi connectivity index (χ0v) is 18.9. The number of hydroxylamine groups is 4. The van der Waals surface area contributed by atoms with E-state index in [1.807, 2.05) is 0 Å². The molecule has 0 aromatic heterocycles. The minimum Gasteiger partial charge on any atom is -0.507 e. The molecule has 0 fully saturated rings. The summed E-state index contributed by atoms with van der Waals surface area (Å²) < 4.78 is 0. The molecule has 8 N–H and O–H groups in total. The van der Waals surface area contributed by atoms with Crippen LogP contribution in [0.15, 0.2) is 24.3 Å². The molecular formula is C22H29N5O7. The zero-order chi connectivity index (χ0) is 25.0. The van der Waals surface area contributed by atoms with Crippen LogP contribution in [0.25, 0.3) is 0 Å². The molecule has 12 heteroatoms. The van der Waals surface area contributed by atoms with Crippen LogP contribution < -0.4 is 16.0 Å². The molecule has 0 saturated heterocycles. The van der Waals surface area contributed by atoms with Gasteiger partial charge in [-0.1, -0.05) is 0 Å². The number of nitrogens with zero attached hydrogens (tertiary/aromatic N) is 2. The van der Waals surface area contributed by atoms with Crippen molar-refractivity contribution in [2.24, 2.45) is 0 Å². The predicted octanol–water partition coefficient (Wildman–Crippen LogP) is 0.247. The number of rotatable bonds is 11. The van der Waals surface area contributed by atoms with Gasteiger partial charge in [0.25, 0.3) is 0 Å². The highest BCUT2D eigenvalue weighted by molar-refractivity contribution is 6.33. The highest BCUT2D eigenvalue weighted by Gasteiger charge is 2.38. The van der Waals surface area contributed by atoms with E-state index in [9.17, 15) is 30.2 Å². The Balaban J connectivity index is 2.05. The topological polar surface area (TPSA) is 178 Å². The minimum absolute atomic E-state index is 0.00773. The summed E-state index contributed by atoms with van der Waals surface area (Å²) in [6, 6.07) is 5.47. The van der Waals surface area contributed by atoms with E-state index in [-0.39, 0.29) is 41.1 Å². The van der Waals surface area contributed by atoms with Gasteiger partial charge in [-0.05, 0) is 24.3 Å². The number of benzene rings is 2. The quantitative estimate of drug-likeness (QED) is 0.0821. The molecule has 34 heavy (non-hydrogen) atoms. The maximum atomic E-state index is 13.5. The van der Waals surface area contributed by atoms with E-state index >= 15 is 0 Å². The molecule has 0 aliphatic heterocycles. The summed E-state index contributed by atoms with van der Waals surface area (Å²) in [6.07, 6.45) is -0.870. The van der Waals surface area contributed by atoms with Gasteiger partial charge in [-0.25, -0.2) is 0 Å². The van der Waals surface area contributed by atoms with E-state index in [1.54, 1.807) is 12.1 Å². The SMILES string of the molecule is CN(O)C(CNc1ccc(NCCNCCO)c2c1C(=O)c1c(O)ccc(O)c1C2=O)N(C)O. The lowest BCUT2D eigenvalue weighted by atomic mass is 9.81. The van der Waals surface area contributed by atoms with Crippen molar-refractivity contribution in [2.45, 2.75) is 6.17 Å². The maximum absolute atomic E-state index is 13.5. The molecule has 12 nitrogen and oxygen atoms in total. The average Bonchev–Trinajstić information content (AvgIpc) is 2.78. The molecule has 1 aliphatic carbocycles. The summed E-state index contributed by atoms with van der Waals surface area (Å²) in [7, 11) is 2.69. The molecule has 1 aliphatic rings. The maximum Gasteiger partial charge on any atom is 0.200 e. The number of aliphatic hydroxyl groups excluding tert-OH is 1. The summed E-state index contributed by atoms with van der Waals surface area (Å²) in [5.41, 5.74) is 0.0487. The lowest BCUT2D eigenvalue weighted by molar-refractivity contribution is -0.224. The van der Waals surface area contributed by atoms with Crippen LogP contribution in [-0.4, -0.2) is 100 Å². The molecule has 0 bridgehead atoms. The van der Waals surface area contributed by atoms with Crippen molar-refractivity contribution in [1.29, 1.82) is 0 Å². The van der Waals surface area contributed by atoms with E-state index < -0.39 is 29.2 Å². The van der Waals surface area contributed by atoms with Gasteiger partial charge < -0.3 is 41.7 Å². The van der Waals surface area contributed by atoms with E-state index in [0.717, 1.165) is 22.3 Å². The molecule has 0 spiro atoms. The standard InChI is InChI=1S/C22H29N5O7/c1-26(33)16(27(2)34)11-25-13-4-3-12(24-8-7-23-9-10-28)17-18(13)22(32)20-15(30)6-5-14(29)19(20)21(17)31/h3-6,16,23-25,28-30,33-34H,7-11H2,1-2H3. The molecule has 0 heterocycles. The number of hydrogen-bond acceptors (Lipinski definition) is 12. The van der Waals surface area contributed by atoms with Crippen LogP contribution in [0.3, 0.4) is 0 Å². The Morgan fingerprint density at radius 1 is 0.765 bits per heavy atom. The lowest BCUT2D eigenvalue weighted by Gasteiger charge is -2.29. The van der Waals surface area contributed by atoms with Gasteiger partial charge in [-0.3, -0.25) is 9.59 Å². The van der Waals surface area contributed by atoms with Crippen LogP contribution in [0.2, 0.25) is 0 Å². The smallest absolute Gasteiger partial charge is 0.200 e. The molecule has 0 radical (unpaired) electrons. The van der Waals surface area contributed by atoms with Gasteiger partial charge in [0.05, 0.1) is 28.9 Å². The van der Waals surface area contributed by atoms with Crippen LogP contribution in [0.1, 0.15) is 31.8 Å². The molecular weight excluding hydrogens is 446 g/mol. The first-order valence-corrected chi connectivity index (χ1v) is 10.6. The highest BCUT2D eigenvalue weighted by Crippen LogP contribution is 2.42. The Hall–Kier alpha value is -3.26. The number of nitrogens with one attached hydrogen (secondary N) is 3. The van der Waals surface area contributed by atoms with E-state index in [1.165, 1.54) is 14.1 Å². The monoisotopic (exact) mass is 475 g/mol. The number of phenolic OH excluding ortho intramolecular Hbond substituents is 2. The van der Waals surface area contributed by atoms with Crippen molar-refractivity contribution in [3.05, 3.63) is 46.5 Å². The molecule has 3 rings (SSSR count). The fourth-order valence-corrected chi connectivity index (χ4v) is 3.86. The lowest BCUT2D eigenvalue weighted by Crippen LogP contribution is -2.46. The first-order chi connectivity index (χ1) is 16.2. The number of ketones is 2. The normalized spacial score (nSPS) is 12.9. The summed E-state index contributed by atoms with van der Waals surface area (Å²) in [6.45, 7) is 1.22. The van der Waals surface area contributed by atoms with Gasteiger partial charge >= 0.3 is 0 Å². The summed E-state index contributed by atoms with van der Waals surface area (Å²) in [4.78, 5) is 26.9. The van der Waals surface area contributed by atoms with E-state index in [2.05, 4.69) is 16.0 Å². The second kappa shape index (κ2) is 10.8. The Labute approximate surface area is 196 Å². The summed E-state index contributed by atoms with van der Waals surface area (Å²) in [5, 5.41) is 59.7. The van der Waals surface area contributed by atoms with Gasteiger partial charge in [0, 0.05) is 51.6 Å². The van der Waals surface area contributed by atoms with Crippen molar-refractivity contribution >= 4 is 22.9 Å². The van der Waals surface area contributed by atoms with Crippen LogP contribution in [0.4, 0.5) is 11.4 Å². The Morgan fingerprint density at radius 3 is 1.74 bits per heavy atom. The Morgan fingerprint density at radius 2 is 1.26 bits per heavy atom. The fraction of sp³-hybridized carbons (Fsp3) is 0.364. The van der Waals surface area contributed by atoms with Gasteiger partial charge in [0.2, 0.25) is 11.6 Å². The van der Waals surface area contributed by atoms with E-state index in [4.69, 9.17) is 5.11 Å². The molecule has 184 valence electrons. The Kier molecular flexibility index (Phi) is 8.04. The number of aromatic hydroxyl groups is 2. The first-order valence-electron chi connectivity index (χ1n) is 10.6. The number of aliphatic hydroxyl groups is 1. The van der Waals surface area contributed by atoms with Gasteiger partial charge in [0.15, 0.2) is 0 Å². The molecule has 0 unspecified atom stereocenters. The number of carbonyl (C=O) groups excluding carboxylic acids is 2. The third-order valence-electron chi connectivity index (χ3n) is 5.52. The predicted molar refractivity (Wildman–Crippen MR) is 123 cm³/mol. The van der Waals surface area contributed by atoms with Gasteiger partial charge in [-0.2, -0.15) is 10.1 Å². The summed E-state index contributed by atoms with van der Waals surface area (Å²) in [5.74, 6) is -2.15. The number of fused-ring (bicyclic) bond motifs is 2. The highest BCUT2D eigenvalue weighted by atomic mass is 16.5. The molecule has 0 amide bonds. The van der Waals surface area contributed by atoms with Crippen molar-refractivity contribution in [1.82, 2.24) is 15.4 Å². The molecule has 2 aromatic carbocycles. The molecule has 2 aromatic rings. The number of anilines is 2. The number of likely N-dealkylation sites (N-methyl/N-ethyl adjacent to an activating group) is 2. The van der Waals surface area contributed by atoms with Gasteiger partial charge in [0.1, 0.15) is 17.7 Å². The van der Waals surface area contributed by atoms with Crippen LogP contribution in [-0.2, 0) is 0 Å². The largest absolute Gasteiger partial charge is 0.507 e. The second-order valence-corrected chi connectivity index (χ2v) is 7.83. The van der Waals surface area contributed by atoms with Gasteiger partial charge in [-0.15, -0.1) is 0 Å². The van der Waals surface area contributed by atoms with Crippen molar-refractivity contribution in [3.63, 3.8) is 0 Å². The fourth-order valence-electron chi connectivity index (χ4n) is 3.86. The third kappa shape index (κ3) is 4.97. The minimum atomic E-state index is -0.870. The number of carbonyl (C=O) groups is 2. The van der Waals surface area contributed by atoms with Crippen LogP contribution in [0, 0.1) is 0 Å². The van der Waals surface area contributed by atoms with Crippen molar-refractivity contribution < 1.29 is 35.3 Å². The number of hydrogen-bond donors (Lipinski definition) is 8. The summed E-state index contributed by atoms with van der Waals surface area (Å²) >= 11 is 0. The van der Waals surface area contributed by atoms with Crippen LogP contribution >= 0.6 is 0 Å².